The Morgan fingerprint density at radius 1 is 0.760 bits per heavy atom. The van der Waals surface area contributed by atoms with Gasteiger partial charge in [0.25, 0.3) is 0 Å². The minimum atomic E-state index is -1.98. The van der Waals surface area contributed by atoms with Gasteiger partial charge in [0.1, 0.15) is 101 Å². The van der Waals surface area contributed by atoms with E-state index < -0.39 is 127 Å². The standard InChI is InChI=1S/C32H38O18/c1-10-20(37)24(41)27(44)31(47-10)46-9-17-22(39)25(42)30(50-32-26(43)21(38)15(36)8-45-32)29(49-17)19-23(40)18-14(35)6-13(34)7-16(18)48-28(19)11-2-4-12(33)5-3-11/h2-7,10,15,17,20-22,24-27,29-39,41-44H,8-9H2,1H3/t10-,15+,17+,20-,21-,22+,24+,25-,26+,27+,29-,30+,31+,32-/m0/s1. The molecule has 0 aliphatic carbocycles. The van der Waals surface area contributed by atoms with Crippen molar-refractivity contribution in [2.45, 2.75) is 92.8 Å². The van der Waals surface area contributed by atoms with Gasteiger partial charge in [-0.2, -0.15) is 0 Å². The number of benzene rings is 2. The minimum Gasteiger partial charge on any atom is -0.508 e. The quantitative estimate of drug-likeness (QED) is 0.120. The first-order valence-corrected chi connectivity index (χ1v) is 15.6. The molecule has 0 saturated carbocycles. The lowest BCUT2D eigenvalue weighted by Crippen LogP contribution is -2.61. The third-order valence-electron chi connectivity index (χ3n) is 9.07. The minimum absolute atomic E-state index is 0.150. The first kappa shape index (κ1) is 36.3. The fraction of sp³-hybridized carbons (Fsp3) is 0.531. The van der Waals surface area contributed by atoms with Gasteiger partial charge in [-0.25, -0.2) is 0 Å². The topological polar surface area (TPSA) is 299 Å². The van der Waals surface area contributed by atoms with E-state index in [-0.39, 0.29) is 22.7 Å². The molecule has 0 amide bonds. The fourth-order valence-corrected chi connectivity index (χ4v) is 6.24. The second-order valence-corrected chi connectivity index (χ2v) is 12.5. The molecule has 0 radical (unpaired) electrons. The van der Waals surface area contributed by atoms with Crippen molar-refractivity contribution in [2.75, 3.05) is 13.2 Å². The van der Waals surface area contributed by atoms with E-state index >= 15 is 0 Å². The molecule has 1 aromatic heterocycles. The number of hydrogen-bond acceptors (Lipinski definition) is 18. The van der Waals surface area contributed by atoms with Crippen LogP contribution in [0.4, 0.5) is 0 Å². The number of aliphatic hydroxyl groups is 8. The number of fused-ring (bicyclic) bond motifs is 1. The molecule has 3 aromatic rings. The van der Waals surface area contributed by atoms with Gasteiger partial charge in [0.15, 0.2) is 12.6 Å². The van der Waals surface area contributed by atoms with Crippen LogP contribution in [-0.2, 0) is 23.7 Å². The molecular weight excluding hydrogens is 672 g/mol. The predicted molar refractivity (Wildman–Crippen MR) is 163 cm³/mol. The summed E-state index contributed by atoms with van der Waals surface area (Å²) in [6, 6.07) is 7.23. The maximum atomic E-state index is 14.3. The average Bonchev–Trinajstić information content (AvgIpc) is 3.07. The van der Waals surface area contributed by atoms with Crippen LogP contribution in [-0.4, -0.2) is 149 Å². The van der Waals surface area contributed by atoms with Crippen LogP contribution in [0.3, 0.4) is 0 Å². The van der Waals surface area contributed by atoms with Crippen LogP contribution in [0.15, 0.2) is 45.6 Å². The van der Waals surface area contributed by atoms with E-state index in [9.17, 15) is 61.0 Å². The maximum Gasteiger partial charge on any atom is 0.203 e. The van der Waals surface area contributed by atoms with E-state index in [1.165, 1.54) is 31.2 Å². The lowest BCUT2D eigenvalue weighted by molar-refractivity contribution is -0.334. The van der Waals surface area contributed by atoms with Gasteiger partial charge >= 0.3 is 0 Å². The first-order chi connectivity index (χ1) is 23.7. The first-order valence-electron chi connectivity index (χ1n) is 15.6. The Hall–Kier alpha value is -3.47. The third-order valence-corrected chi connectivity index (χ3v) is 9.07. The highest BCUT2D eigenvalue weighted by Crippen LogP contribution is 2.42. The Morgan fingerprint density at radius 2 is 1.44 bits per heavy atom. The van der Waals surface area contributed by atoms with Gasteiger partial charge in [-0.15, -0.1) is 0 Å². The van der Waals surface area contributed by atoms with Crippen molar-refractivity contribution >= 4 is 11.0 Å². The smallest absolute Gasteiger partial charge is 0.203 e. The lowest BCUT2D eigenvalue weighted by atomic mass is 9.88. The molecule has 274 valence electrons. The molecule has 6 rings (SSSR count). The van der Waals surface area contributed by atoms with E-state index in [0.29, 0.717) is 0 Å². The highest BCUT2D eigenvalue weighted by Gasteiger charge is 2.52. The van der Waals surface area contributed by atoms with Gasteiger partial charge in [0, 0.05) is 17.7 Å². The summed E-state index contributed by atoms with van der Waals surface area (Å²) in [5, 5.41) is 115. The Balaban J connectivity index is 1.45. The molecule has 2 aromatic carbocycles. The Kier molecular flexibility index (Phi) is 10.4. The third kappa shape index (κ3) is 6.66. The van der Waals surface area contributed by atoms with E-state index in [1.807, 2.05) is 0 Å². The molecule has 11 N–H and O–H groups in total. The summed E-state index contributed by atoms with van der Waals surface area (Å²) in [4.78, 5) is 14.3. The van der Waals surface area contributed by atoms with E-state index in [2.05, 4.69) is 0 Å². The molecule has 3 fully saturated rings. The van der Waals surface area contributed by atoms with Gasteiger partial charge in [-0.1, -0.05) is 0 Å². The van der Waals surface area contributed by atoms with Crippen LogP contribution in [0.1, 0.15) is 18.6 Å². The zero-order valence-corrected chi connectivity index (χ0v) is 26.2. The fourth-order valence-electron chi connectivity index (χ4n) is 6.24. The highest BCUT2D eigenvalue weighted by atomic mass is 16.7. The van der Waals surface area contributed by atoms with Crippen LogP contribution in [0, 0.1) is 0 Å². The molecule has 50 heavy (non-hydrogen) atoms. The summed E-state index contributed by atoms with van der Waals surface area (Å²) in [6.45, 7) is 0.256. The number of phenolic OH excluding ortho intramolecular Hbond substituents is 3. The van der Waals surface area contributed by atoms with Gasteiger partial charge in [0.05, 0.1) is 24.9 Å². The molecular formula is C32H38O18. The Bertz CT molecular complexity index is 1710. The molecule has 0 unspecified atom stereocenters. The summed E-state index contributed by atoms with van der Waals surface area (Å²) < 4.78 is 34.5. The van der Waals surface area contributed by atoms with Crippen LogP contribution >= 0.6 is 0 Å². The largest absolute Gasteiger partial charge is 0.508 e. The average molecular weight is 711 g/mol. The Morgan fingerprint density at radius 3 is 2.14 bits per heavy atom. The number of rotatable bonds is 7. The van der Waals surface area contributed by atoms with E-state index in [1.54, 1.807) is 0 Å². The van der Waals surface area contributed by atoms with Gasteiger partial charge in [-0.3, -0.25) is 4.79 Å². The van der Waals surface area contributed by atoms with Crippen molar-refractivity contribution in [3.63, 3.8) is 0 Å². The molecule has 3 saturated heterocycles. The zero-order chi connectivity index (χ0) is 36.2. The molecule has 3 aliphatic heterocycles. The summed E-state index contributed by atoms with van der Waals surface area (Å²) in [5.41, 5.74) is -1.49. The summed E-state index contributed by atoms with van der Waals surface area (Å²) in [7, 11) is 0. The van der Waals surface area contributed by atoms with Crippen molar-refractivity contribution in [2.24, 2.45) is 0 Å². The van der Waals surface area contributed by atoms with Crippen molar-refractivity contribution in [1.29, 1.82) is 0 Å². The molecule has 18 heteroatoms. The summed E-state index contributed by atoms with van der Waals surface area (Å²) in [6.07, 6.45) is -23.2. The van der Waals surface area contributed by atoms with Gasteiger partial charge in [-0.05, 0) is 31.2 Å². The summed E-state index contributed by atoms with van der Waals surface area (Å²) in [5.74, 6) is -1.55. The maximum absolute atomic E-state index is 14.3. The molecule has 3 aliphatic rings. The molecule has 18 nitrogen and oxygen atoms in total. The molecule has 14 atom stereocenters. The number of aliphatic hydroxyl groups excluding tert-OH is 8. The predicted octanol–water partition coefficient (Wildman–Crippen LogP) is -2.59. The number of phenols is 3. The second-order valence-electron chi connectivity index (χ2n) is 12.5. The molecule has 0 bridgehead atoms. The van der Waals surface area contributed by atoms with E-state index in [4.69, 9.17) is 28.1 Å². The van der Waals surface area contributed by atoms with Crippen molar-refractivity contribution in [1.82, 2.24) is 0 Å². The highest BCUT2D eigenvalue weighted by molar-refractivity contribution is 5.87. The Labute approximate surface area is 282 Å². The second kappa shape index (κ2) is 14.3. The van der Waals surface area contributed by atoms with Crippen LogP contribution in [0.25, 0.3) is 22.3 Å². The SMILES string of the molecule is C[C@@H]1O[C@@H](OC[C@H]2O[C@@H](c3c(-c4ccc(O)cc4)oc4cc(O)cc(O)c4c3=O)[C@H](O[C@@H]3OC[C@@H](O)[C@H](O)[C@H]3O)[C@@H](O)[C@@H]2O)[C@H](O)[C@H](O)[C@H]1O. The van der Waals surface area contributed by atoms with Gasteiger partial charge in [0.2, 0.25) is 5.43 Å². The monoisotopic (exact) mass is 710 g/mol. The van der Waals surface area contributed by atoms with Gasteiger partial charge < -0.3 is 84.3 Å². The summed E-state index contributed by atoms with van der Waals surface area (Å²) >= 11 is 0. The van der Waals surface area contributed by atoms with Crippen molar-refractivity contribution < 1.29 is 84.3 Å². The number of hydrogen-bond donors (Lipinski definition) is 11. The van der Waals surface area contributed by atoms with Crippen LogP contribution in [0.5, 0.6) is 17.2 Å². The normalized spacial score (nSPS) is 37.9. The molecule has 0 spiro atoms. The van der Waals surface area contributed by atoms with E-state index in [0.717, 1.165) is 12.1 Å². The van der Waals surface area contributed by atoms with Crippen molar-refractivity contribution in [3.05, 3.63) is 52.2 Å². The number of ether oxygens (including phenoxy) is 5. The number of aromatic hydroxyl groups is 3. The lowest BCUT2D eigenvalue weighted by Gasteiger charge is -2.46. The van der Waals surface area contributed by atoms with Crippen LogP contribution in [0.2, 0.25) is 0 Å². The van der Waals surface area contributed by atoms with Crippen molar-refractivity contribution in [3.8, 4) is 28.6 Å². The van der Waals surface area contributed by atoms with Crippen LogP contribution < -0.4 is 5.43 Å². The molecule has 4 heterocycles. The zero-order valence-electron chi connectivity index (χ0n) is 26.2.